The SMILES string of the molecule is COc1cccc2c1N[C@H](c1ccc([N+](=O)[O-])cc1)[C@@H]1C[C@H](Sc3ccccc3[N+](=O)[O-])[C@H](Cl)[C@H]21. The number of alkyl halides is 1. The monoisotopic (exact) mass is 511 g/mol. The van der Waals surface area contributed by atoms with Crippen molar-refractivity contribution >= 4 is 40.4 Å². The Balaban J connectivity index is 1.54. The summed E-state index contributed by atoms with van der Waals surface area (Å²) >= 11 is 8.57. The first-order chi connectivity index (χ1) is 16.9. The first-order valence-electron chi connectivity index (χ1n) is 11.1. The van der Waals surface area contributed by atoms with Gasteiger partial charge in [0.05, 0.1) is 39.0 Å². The van der Waals surface area contributed by atoms with Crippen molar-refractivity contribution in [2.75, 3.05) is 12.4 Å². The summed E-state index contributed by atoms with van der Waals surface area (Å²) in [5.41, 5.74) is 2.94. The molecule has 5 rings (SSSR count). The number of fused-ring (bicyclic) bond motifs is 3. The fraction of sp³-hybridized carbons (Fsp3) is 0.280. The molecular weight excluding hydrogens is 490 g/mol. The van der Waals surface area contributed by atoms with Crippen LogP contribution in [0.3, 0.4) is 0 Å². The highest BCUT2D eigenvalue weighted by atomic mass is 35.5. The highest BCUT2D eigenvalue weighted by molar-refractivity contribution is 8.00. The predicted octanol–water partition coefficient (Wildman–Crippen LogP) is 6.55. The van der Waals surface area contributed by atoms with Crippen LogP contribution < -0.4 is 10.1 Å². The Morgan fingerprint density at radius 3 is 2.43 bits per heavy atom. The molecule has 1 saturated carbocycles. The van der Waals surface area contributed by atoms with Crippen molar-refractivity contribution < 1.29 is 14.6 Å². The number of methoxy groups -OCH3 is 1. The van der Waals surface area contributed by atoms with Crippen LogP contribution in [-0.4, -0.2) is 27.6 Å². The van der Waals surface area contributed by atoms with Crippen molar-refractivity contribution in [3.05, 3.63) is 98.1 Å². The molecule has 3 aromatic carbocycles. The zero-order valence-corrected chi connectivity index (χ0v) is 20.2. The maximum absolute atomic E-state index is 11.6. The molecule has 0 saturated heterocycles. The Kier molecular flexibility index (Phi) is 6.29. The van der Waals surface area contributed by atoms with Gasteiger partial charge in [-0.2, -0.15) is 0 Å². The van der Waals surface area contributed by atoms with Crippen LogP contribution in [-0.2, 0) is 0 Å². The second kappa shape index (κ2) is 9.39. The average molecular weight is 512 g/mol. The van der Waals surface area contributed by atoms with Crippen molar-refractivity contribution in [1.82, 2.24) is 0 Å². The second-order valence-corrected chi connectivity index (χ2v) is 10.4. The van der Waals surface area contributed by atoms with E-state index in [1.165, 1.54) is 30.0 Å². The maximum atomic E-state index is 11.6. The molecule has 0 spiro atoms. The highest BCUT2D eigenvalue weighted by Crippen LogP contribution is 2.59. The van der Waals surface area contributed by atoms with E-state index in [0.29, 0.717) is 10.6 Å². The van der Waals surface area contributed by atoms with E-state index in [1.807, 2.05) is 18.2 Å². The van der Waals surface area contributed by atoms with Crippen LogP contribution in [0.25, 0.3) is 0 Å². The zero-order chi connectivity index (χ0) is 24.7. The average Bonchev–Trinajstić information content (AvgIpc) is 3.19. The van der Waals surface area contributed by atoms with E-state index >= 15 is 0 Å². The van der Waals surface area contributed by atoms with Gasteiger partial charge < -0.3 is 10.1 Å². The molecule has 1 aliphatic carbocycles. The van der Waals surface area contributed by atoms with Crippen molar-refractivity contribution in [3.8, 4) is 5.75 Å². The standard InChI is InChI=1S/C25H22ClN3O5S/c1-34-19-7-4-5-16-22-17(24(27-25(16)19)14-9-11-15(12-10-14)28(30)31)13-21(23(22)26)35-20-8-3-2-6-18(20)29(32)33/h2-12,17,21-24,27H,13H2,1H3/t17-,21+,22-,23+,24-/m1/s1. The minimum Gasteiger partial charge on any atom is -0.495 e. The molecule has 0 aromatic heterocycles. The minimum atomic E-state index is -0.414. The summed E-state index contributed by atoms with van der Waals surface area (Å²) in [7, 11) is 1.62. The highest BCUT2D eigenvalue weighted by Gasteiger charge is 2.51. The first-order valence-corrected chi connectivity index (χ1v) is 12.4. The summed E-state index contributed by atoms with van der Waals surface area (Å²) in [5.74, 6) is 0.758. The maximum Gasteiger partial charge on any atom is 0.282 e. The first kappa shape index (κ1) is 23.4. The molecule has 1 fully saturated rings. The molecule has 0 radical (unpaired) electrons. The number of halogens is 1. The van der Waals surface area contributed by atoms with E-state index in [4.69, 9.17) is 16.3 Å². The number of rotatable bonds is 6. The number of para-hydroxylation sites is 2. The van der Waals surface area contributed by atoms with Crippen LogP contribution in [0.2, 0.25) is 0 Å². The predicted molar refractivity (Wildman–Crippen MR) is 136 cm³/mol. The molecule has 0 amide bonds. The summed E-state index contributed by atoms with van der Waals surface area (Å²) in [6.45, 7) is 0. The van der Waals surface area contributed by atoms with E-state index in [0.717, 1.165) is 23.2 Å². The number of nitrogens with zero attached hydrogens (tertiary/aromatic N) is 2. The van der Waals surface area contributed by atoms with Gasteiger partial charge >= 0.3 is 0 Å². The minimum absolute atomic E-state index is 0.0246. The van der Waals surface area contributed by atoms with Gasteiger partial charge in [-0.15, -0.1) is 23.4 Å². The molecule has 5 atom stereocenters. The van der Waals surface area contributed by atoms with Crippen molar-refractivity contribution in [1.29, 1.82) is 0 Å². The van der Waals surface area contributed by atoms with Crippen molar-refractivity contribution in [3.63, 3.8) is 0 Å². The molecule has 1 aliphatic heterocycles. The van der Waals surface area contributed by atoms with Crippen LogP contribution in [0.1, 0.15) is 29.5 Å². The van der Waals surface area contributed by atoms with Crippen molar-refractivity contribution in [2.24, 2.45) is 5.92 Å². The Hall–Kier alpha value is -3.30. The fourth-order valence-electron chi connectivity index (χ4n) is 5.29. The third-order valence-electron chi connectivity index (χ3n) is 6.83. The number of benzene rings is 3. The van der Waals surface area contributed by atoms with E-state index in [2.05, 4.69) is 5.32 Å². The molecule has 180 valence electrons. The molecule has 10 heteroatoms. The zero-order valence-electron chi connectivity index (χ0n) is 18.7. The molecule has 1 N–H and O–H groups in total. The molecule has 1 heterocycles. The number of anilines is 1. The molecule has 3 aromatic rings. The van der Waals surface area contributed by atoms with Crippen LogP contribution in [0.5, 0.6) is 5.75 Å². The number of non-ortho nitro benzene ring substituents is 1. The number of hydrogen-bond acceptors (Lipinski definition) is 7. The van der Waals surface area contributed by atoms with Gasteiger partial charge in [0.1, 0.15) is 5.75 Å². The number of thioether (sulfide) groups is 1. The largest absolute Gasteiger partial charge is 0.495 e. The molecule has 8 nitrogen and oxygen atoms in total. The number of nitro groups is 2. The van der Waals surface area contributed by atoms with Crippen LogP contribution in [0, 0.1) is 26.1 Å². The summed E-state index contributed by atoms with van der Waals surface area (Å²) in [5, 5.41) is 26.0. The Morgan fingerprint density at radius 1 is 1.00 bits per heavy atom. The topological polar surface area (TPSA) is 108 Å². The van der Waals surface area contributed by atoms with Crippen LogP contribution >= 0.6 is 23.4 Å². The third-order valence-corrected chi connectivity index (χ3v) is 8.95. The van der Waals surface area contributed by atoms with Gasteiger partial charge in [-0.3, -0.25) is 20.2 Å². The fourth-order valence-corrected chi connectivity index (χ4v) is 7.23. The van der Waals surface area contributed by atoms with Gasteiger partial charge in [0.25, 0.3) is 11.4 Å². The smallest absolute Gasteiger partial charge is 0.282 e. The van der Waals surface area contributed by atoms with Gasteiger partial charge in [0, 0.05) is 29.4 Å². The van der Waals surface area contributed by atoms with Gasteiger partial charge in [0.2, 0.25) is 0 Å². The lowest BCUT2D eigenvalue weighted by Crippen LogP contribution is -2.31. The van der Waals surface area contributed by atoms with E-state index in [1.54, 1.807) is 37.4 Å². The van der Waals surface area contributed by atoms with E-state index in [9.17, 15) is 20.2 Å². The summed E-state index contributed by atoms with van der Waals surface area (Å²) in [4.78, 5) is 22.5. The summed E-state index contributed by atoms with van der Waals surface area (Å²) in [6, 6.07) is 19.0. The number of nitro benzene ring substituents is 2. The lowest BCUT2D eigenvalue weighted by molar-refractivity contribution is -0.387. The second-order valence-electron chi connectivity index (χ2n) is 8.65. The Morgan fingerprint density at radius 2 is 1.74 bits per heavy atom. The van der Waals surface area contributed by atoms with Crippen LogP contribution in [0.15, 0.2) is 71.6 Å². The Bertz CT molecular complexity index is 1290. The number of hydrogen-bond donors (Lipinski definition) is 1. The quantitative estimate of drug-likeness (QED) is 0.227. The summed E-state index contributed by atoms with van der Waals surface area (Å²) in [6.07, 6.45) is 0.723. The molecule has 0 bridgehead atoms. The van der Waals surface area contributed by atoms with Gasteiger partial charge in [-0.05, 0) is 35.6 Å². The molecule has 0 unspecified atom stereocenters. The number of nitrogens with one attached hydrogen (secondary N) is 1. The van der Waals surface area contributed by atoms with E-state index < -0.39 is 4.92 Å². The molecule has 2 aliphatic rings. The normalized spacial score (nSPS) is 24.7. The van der Waals surface area contributed by atoms with E-state index in [-0.39, 0.29) is 44.8 Å². The molecule has 35 heavy (non-hydrogen) atoms. The Labute approximate surface area is 210 Å². The third kappa shape index (κ3) is 4.19. The lowest BCUT2D eigenvalue weighted by atomic mass is 9.77. The lowest BCUT2D eigenvalue weighted by Gasteiger charge is -2.38. The number of ether oxygens (including phenoxy) is 1. The van der Waals surface area contributed by atoms with Crippen LogP contribution in [0.4, 0.5) is 17.1 Å². The van der Waals surface area contributed by atoms with Gasteiger partial charge in [0.15, 0.2) is 0 Å². The summed E-state index contributed by atoms with van der Waals surface area (Å²) < 4.78 is 5.62. The van der Waals surface area contributed by atoms with Gasteiger partial charge in [-0.1, -0.05) is 36.4 Å². The van der Waals surface area contributed by atoms with Crippen molar-refractivity contribution in [2.45, 2.75) is 33.9 Å². The van der Waals surface area contributed by atoms with Gasteiger partial charge in [-0.25, -0.2) is 0 Å². The molecular formula is C25H22ClN3O5S.